The zero-order chi connectivity index (χ0) is 14.0. The second-order valence-electron chi connectivity index (χ2n) is 3.51. The largest absolute Gasteiger partial charge is 0.480 e. The van der Waals surface area contributed by atoms with Crippen LogP contribution in [-0.2, 0) is 4.79 Å². The van der Waals surface area contributed by atoms with Crippen LogP contribution in [-0.4, -0.2) is 67.4 Å². The van der Waals surface area contributed by atoms with Gasteiger partial charge in [0, 0.05) is 10.9 Å². The molecule has 12 nitrogen and oxygen atoms in total. The predicted molar refractivity (Wildman–Crippen MR) is 70.6 cm³/mol. The van der Waals surface area contributed by atoms with Crippen LogP contribution in [0.2, 0.25) is 0 Å². The summed E-state index contributed by atoms with van der Waals surface area (Å²) in [6.45, 7) is 0.0941. The minimum Gasteiger partial charge on any atom is -0.480 e. The molecule has 20 heavy (non-hydrogen) atoms. The van der Waals surface area contributed by atoms with Crippen molar-refractivity contribution >= 4 is 35.1 Å². The molecule has 2 aliphatic rings. The van der Waals surface area contributed by atoms with E-state index in [2.05, 4.69) is 15.2 Å². The molecule has 0 spiro atoms. The quantitative estimate of drug-likeness (QED) is 0.431. The maximum Gasteiger partial charge on any atom is 0.321 e. The van der Waals surface area contributed by atoms with Crippen molar-refractivity contribution in [3.8, 4) is 0 Å². The third-order valence-electron chi connectivity index (χ3n) is 2.20. The summed E-state index contributed by atoms with van der Waals surface area (Å²) in [7, 11) is 0. The van der Waals surface area contributed by atoms with Gasteiger partial charge in [-0.1, -0.05) is 0 Å². The van der Waals surface area contributed by atoms with Crippen LogP contribution in [0.15, 0.2) is 15.2 Å². The van der Waals surface area contributed by atoms with Gasteiger partial charge in [-0.25, -0.2) is 10.1 Å². The van der Waals surface area contributed by atoms with E-state index < -0.39 is 17.0 Å². The topological polar surface area (TPSA) is 182 Å². The van der Waals surface area contributed by atoms with Gasteiger partial charge in [-0.3, -0.25) is 4.79 Å². The fourth-order valence-electron chi connectivity index (χ4n) is 1.27. The molecule has 1 unspecified atom stereocenters. The van der Waals surface area contributed by atoms with Crippen LogP contribution in [0.5, 0.6) is 0 Å². The number of hydrogen-bond donors (Lipinski definition) is 2. The molecule has 2 heterocycles. The number of aliphatic imine (C=N–C) groups is 1. The fraction of sp³-hybridized carbons (Fsp3) is 0.429. The SMILES string of the molecule is NC(CSC1=NN=C2N=CN([N+](=O)[O-])N2C1)C(=O)O.O. The minimum atomic E-state index is -1.12. The summed E-state index contributed by atoms with van der Waals surface area (Å²) < 4.78 is 0. The van der Waals surface area contributed by atoms with Gasteiger partial charge in [-0.15, -0.1) is 22.0 Å². The number of hydrogen-bond acceptors (Lipinski definition) is 9. The second-order valence-corrected chi connectivity index (χ2v) is 4.60. The molecule has 0 bridgehead atoms. The molecule has 2 aliphatic heterocycles. The Labute approximate surface area is 116 Å². The van der Waals surface area contributed by atoms with Gasteiger partial charge in [0.1, 0.15) is 11.1 Å². The molecule has 110 valence electrons. The summed E-state index contributed by atoms with van der Waals surface area (Å²) in [4.78, 5) is 25.0. The lowest BCUT2D eigenvalue weighted by molar-refractivity contribution is -0.660. The highest BCUT2D eigenvalue weighted by molar-refractivity contribution is 8.14. The maximum atomic E-state index is 10.7. The Morgan fingerprint density at radius 3 is 2.95 bits per heavy atom. The number of thioether (sulfide) groups is 1. The highest BCUT2D eigenvalue weighted by atomic mass is 32.2. The van der Waals surface area contributed by atoms with Crippen LogP contribution < -0.4 is 5.73 Å². The number of hydrazine groups is 2. The molecule has 0 amide bonds. The lowest BCUT2D eigenvalue weighted by Gasteiger charge is -2.22. The highest BCUT2D eigenvalue weighted by Crippen LogP contribution is 2.17. The Morgan fingerprint density at radius 1 is 1.65 bits per heavy atom. The molecule has 0 aromatic rings. The summed E-state index contributed by atoms with van der Waals surface area (Å²) in [6.07, 6.45) is 1.02. The van der Waals surface area contributed by atoms with Crippen molar-refractivity contribution in [3.63, 3.8) is 0 Å². The van der Waals surface area contributed by atoms with E-state index in [1.807, 2.05) is 0 Å². The van der Waals surface area contributed by atoms with Crippen LogP contribution in [0.4, 0.5) is 0 Å². The first-order valence-corrected chi connectivity index (χ1v) is 5.98. The van der Waals surface area contributed by atoms with Crippen molar-refractivity contribution in [2.45, 2.75) is 6.04 Å². The van der Waals surface area contributed by atoms with Gasteiger partial charge in [-0.05, 0) is 0 Å². The average molecular weight is 305 g/mol. The van der Waals surface area contributed by atoms with E-state index in [0.717, 1.165) is 18.1 Å². The summed E-state index contributed by atoms with van der Waals surface area (Å²) >= 11 is 1.09. The number of rotatable bonds is 4. The molecule has 0 aromatic carbocycles. The molecule has 5 N–H and O–H groups in total. The van der Waals surface area contributed by atoms with E-state index in [9.17, 15) is 14.9 Å². The summed E-state index contributed by atoms with van der Waals surface area (Å²) in [5.74, 6) is -0.903. The molecule has 0 aliphatic carbocycles. The molecule has 0 aromatic heterocycles. The van der Waals surface area contributed by atoms with E-state index in [-0.39, 0.29) is 23.7 Å². The van der Waals surface area contributed by atoms with Gasteiger partial charge in [0.2, 0.25) is 0 Å². The van der Waals surface area contributed by atoms with Gasteiger partial charge < -0.3 is 16.3 Å². The monoisotopic (exact) mass is 305 g/mol. The Kier molecular flexibility index (Phi) is 4.95. The minimum absolute atomic E-state index is 0. The number of nitrogens with zero attached hydrogens (tertiary/aromatic N) is 6. The third-order valence-corrected chi connectivity index (χ3v) is 3.27. The van der Waals surface area contributed by atoms with E-state index in [0.29, 0.717) is 10.2 Å². The molecule has 0 fully saturated rings. The Hall–Kier alpha value is -2.25. The summed E-state index contributed by atoms with van der Waals surface area (Å²) in [5.41, 5.74) is 5.35. The van der Waals surface area contributed by atoms with Crippen molar-refractivity contribution in [2.24, 2.45) is 20.9 Å². The van der Waals surface area contributed by atoms with E-state index in [4.69, 9.17) is 10.8 Å². The number of carboxylic acid groups (broad SMARTS) is 1. The Balaban J connectivity index is 0.00000200. The number of nitrogens with two attached hydrogens (primary N) is 1. The first-order chi connectivity index (χ1) is 8.99. The fourth-order valence-corrected chi connectivity index (χ4v) is 2.09. The van der Waals surface area contributed by atoms with E-state index >= 15 is 0 Å². The molecular weight excluding hydrogens is 294 g/mol. The van der Waals surface area contributed by atoms with Crippen LogP contribution in [0.25, 0.3) is 0 Å². The van der Waals surface area contributed by atoms with Gasteiger partial charge in [0.15, 0.2) is 11.4 Å². The van der Waals surface area contributed by atoms with Crippen LogP contribution in [0, 0.1) is 10.1 Å². The first-order valence-electron chi connectivity index (χ1n) is 5.00. The van der Waals surface area contributed by atoms with Crippen LogP contribution >= 0.6 is 11.8 Å². The number of carbonyl (C=O) groups is 1. The van der Waals surface area contributed by atoms with Crippen LogP contribution in [0.1, 0.15) is 0 Å². The first kappa shape index (κ1) is 15.8. The number of carboxylic acids is 1. The molecule has 0 saturated heterocycles. The van der Waals surface area contributed by atoms with Crippen molar-refractivity contribution in [1.82, 2.24) is 10.1 Å². The Bertz CT molecular complexity index is 506. The van der Waals surface area contributed by atoms with Crippen molar-refractivity contribution in [1.29, 1.82) is 0 Å². The molecule has 1 atom stereocenters. The van der Waals surface area contributed by atoms with Crippen molar-refractivity contribution in [2.75, 3.05) is 12.3 Å². The zero-order valence-electron chi connectivity index (χ0n) is 9.91. The predicted octanol–water partition coefficient (Wildman–Crippen LogP) is -2.26. The zero-order valence-corrected chi connectivity index (χ0v) is 10.7. The molecule has 2 rings (SSSR count). The molecular formula is C7H11N7O5S. The van der Waals surface area contributed by atoms with Gasteiger partial charge in [-0.2, -0.15) is 10.0 Å². The summed E-state index contributed by atoms with van der Waals surface area (Å²) in [5, 5.41) is 28.6. The van der Waals surface area contributed by atoms with E-state index in [1.165, 1.54) is 5.01 Å². The maximum absolute atomic E-state index is 10.7. The molecule has 0 radical (unpaired) electrons. The lowest BCUT2D eigenvalue weighted by atomic mass is 10.4. The number of fused-ring (bicyclic) bond motifs is 1. The molecule has 0 saturated carbocycles. The number of nitro groups is 1. The van der Waals surface area contributed by atoms with Crippen molar-refractivity contribution in [3.05, 3.63) is 10.1 Å². The van der Waals surface area contributed by atoms with Crippen molar-refractivity contribution < 1.29 is 20.4 Å². The lowest BCUT2D eigenvalue weighted by Crippen LogP contribution is -2.47. The average Bonchev–Trinajstić information content (AvgIpc) is 2.78. The number of aliphatic carboxylic acids is 1. The van der Waals surface area contributed by atoms with Gasteiger partial charge in [0.05, 0.1) is 6.54 Å². The third kappa shape index (κ3) is 3.19. The van der Waals surface area contributed by atoms with Crippen LogP contribution in [0.3, 0.4) is 0 Å². The summed E-state index contributed by atoms with van der Waals surface area (Å²) in [6, 6.07) is -1.03. The van der Waals surface area contributed by atoms with Gasteiger partial charge in [0.25, 0.3) is 5.96 Å². The Morgan fingerprint density at radius 2 is 2.35 bits per heavy atom. The highest BCUT2D eigenvalue weighted by Gasteiger charge is 2.35. The smallest absolute Gasteiger partial charge is 0.321 e. The normalized spacial score (nSPS) is 17.9. The second kappa shape index (κ2) is 6.27. The van der Waals surface area contributed by atoms with Gasteiger partial charge >= 0.3 is 5.97 Å². The molecule has 13 heteroatoms. The standard InChI is InChI=1S/C7H9N7O4S.H2O/c8-4(6(15)16)2-19-5-1-12-7(11-10-5)9-3-13(12)14(17)18;/h3-4H,1-2,8H2,(H,15,16);1H2. The number of guanidine groups is 1. The van der Waals surface area contributed by atoms with E-state index in [1.54, 1.807) is 0 Å².